The summed E-state index contributed by atoms with van der Waals surface area (Å²) in [6.07, 6.45) is -1.03. The Hall–Kier alpha value is -1.10. The first-order chi connectivity index (χ1) is 6.20. The molecule has 0 aliphatic rings. The molecule has 1 unspecified atom stereocenters. The van der Waals surface area contributed by atoms with Gasteiger partial charge in [-0.05, 0) is 20.8 Å². The molecule has 0 saturated carbocycles. The lowest BCUT2D eigenvalue weighted by Gasteiger charge is -2.17. The van der Waals surface area contributed by atoms with E-state index in [-0.39, 0.29) is 12.8 Å². The van der Waals surface area contributed by atoms with Gasteiger partial charge in [-0.15, -0.1) is 0 Å². The first kappa shape index (κ1) is 12.9. The number of hydrogen-bond acceptors (Lipinski definition) is 4. The van der Waals surface area contributed by atoms with E-state index in [2.05, 4.69) is 0 Å². The van der Waals surface area contributed by atoms with Crippen molar-refractivity contribution in [1.29, 1.82) is 0 Å². The Morgan fingerprint density at radius 1 is 1.43 bits per heavy atom. The van der Waals surface area contributed by atoms with Crippen LogP contribution in [0, 0.1) is 0 Å². The van der Waals surface area contributed by atoms with Crippen LogP contribution >= 0.6 is 0 Å². The molecular weight excluding hydrogens is 188 g/mol. The van der Waals surface area contributed by atoms with Crippen LogP contribution in [0.5, 0.6) is 0 Å². The molecule has 0 spiro atoms. The standard InChI is InChI=1S/C9H16O5/c1-6(4-7(10)11)14-8(12)5-9(2,3)13/h6,13H,4-5H2,1-3H3,(H,10,11). The summed E-state index contributed by atoms with van der Waals surface area (Å²) in [5.41, 5.74) is -1.12. The monoisotopic (exact) mass is 204 g/mol. The highest BCUT2D eigenvalue weighted by Crippen LogP contribution is 2.10. The number of carboxylic acids is 1. The van der Waals surface area contributed by atoms with Crippen molar-refractivity contribution in [2.24, 2.45) is 0 Å². The summed E-state index contributed by atoms with van der Waals surface area (Å²) < 4.78 is 4.76. The topological polar surface area (TPSA) is 83.8 Å². The minimum Gasteiger partial charge on any atom is -0.481 e. The maximum absolute atomic E-state index is 11.1. The Labute approximate surface area is 82.7 Å². The van der Waals surface area contributed by atoms with Gasteiger partial charge in [0.2, 0.25) is 0 Å². The van der Waals surface area contributed by atoms with E-state index >= 15 is 0 Å². The summed E-state index contributed by atoms with van der Waals surface area (Å²) in [4.78, 5) is 21.3. The van der Waals surface area contributed by atoms with Crippen LogP contribution in [0.25, 0.3) is 0 Å². The molecule has 5 heteroatoms. The van der Waals surface area contributed by atoms with Crippen LogP contribution < -0.4 is 0 Å². The minimum atomic E-state index is -1.12. The maximum atomic E-state index is 11.1. The third-order valence-electron chi connectivity index (χ3n) is 1.37. The van der Waals surface area contributed by atoms with Crippen LogP contribution in [0.3, 0.4) is 0 Å². The Morgan fingerprint density at radius 2 is 1.93 bits per heavy atom. The van der Waals surface area contributed by atoms with Crippen molar-refractivity contribution in [2.75, 3.05) is 0 Å². The van der Waals surface area contributed by atoms with Crippen LogP contribution in [-0.4, -0.2) is 33.9 Å². The van der Waals surface area contributed by atoms with E-state index < -0.39 is 23.6 Å². The fourth-order valence-electron chi connectivity index (χ4n) is 0.907. The lowest BCUT2D eigenvalue weighted by atomic mass is 10.1. The van der Waals surface area contributed by atoms with Crippen LogP contribution in [-0.2, 0) is 14.3 Å². The van der Waals surface area contributed by atoms with Crippen molar-refractivity contribution < 1.29 is 24.5 Å². The normalized spacial score (nSPS) is 13.4. The molecule has 0 rings (SSSR count). The van der Waals surface area contributed by atoms with Gasteiger partial charge in [-0.1, -0.05) is 0 Å². The van der Waals surface area contributed by atoms with Crippen LogP contribution in [0.2, 0.25) is 0 Å². The van der Waals surface area contributed by atoms with E-state index in [0.29, 0.717) is 0 Å². The van der Waals surface area contributed by atoms with Gasteiger partial charge >= 0.3 is 11.9 Å². The predicted octanol–water partition coefficient (Wildman–Crippen LogP) is 0.554. The van der Waals surface area contributed by atoms with Gasteiger partial charge in [0.15, 0.2) is 0 Å². The highest BCUT2D eigenvalue weighted by molar-refractivity contribution is 5.72. The van der Waals surface area contributed by atoms with E-state index in [1.165, 1.54) is 20.8 Å². The Kier molecular flexibility index (Phi) is 4.56. The third-order valence-corrected chi connectivity index (χ3v) is 1.37. The number of ether oxygens (including phenoxy) is 1. The molecule has 5 nitrogen and oxygen atoms in total. The fraction of sp³-hybridized carbons (Fsp3) is 0.778. The molecule has 14 heavy (non-hydrogen) atoms. The summed E-state index contributed by atoms with van der Waals surface area (Å²) in [6.45, 7) is 4.46. The molecule has 2 N–H and O–H groups in total. The van der Waals surface area contributed by atoms with Crippen molar-refractivity contribution in [3.63, 3.8) is 0 Å². The number of rotatable bonds is 5. The molecule has 1 atom stereocenters. The van der Waals surface area contributed by atoms with Gasteiger partial charge in [-0.2, -0.15) is 0 Å². The molecule has 0 aromatic heterocycles. The van der Waals surface area contributed by atoms with Crippen molar-refractivity contribution in [1.82, 2.24) is 0 Å². The van der Waals surface area contributed by atoms with Gasteiger partial charge in [0.05, 0.1) is 18.4 Å². The quantitative estimate of drug-likeness (QED) is 0.639. The molecule has 0 aromatic rings. The van der Waals surface area contributed by atoms with E-state index in [4.69, 9.17) is 9.84 Å². The minimum absolute atomic E-state index is 0.142. The summed E-state index contributed by atoms with van der Waals surface area (Å²) in [5.74, 6) is -1.61. The second-order valence-electron chi connectivity index (χ2n) is 3.89. The number of carbonyl (C=O) groups excluding carboxylic acids is 1. The van der Waals surface area contributed by atoms with Crippen molar-refractivity contribution >= 4 is 11.9 Å². The zero-order valence-corrected chi connectivity index (χ0v) is 8.61. The SMILES string of the molecule is CC(CC(=O)O)OC(=O)CC(C)(C)O. The number of carbonyl (C=O) groups is 2. The molecule has 0 amide bonds. The summed E-state index contributed by atoms with van der Waals surface area (Å²) >= 11 is 0. The molecule has 0 saturated heterocycles. The first-order valence-electron chi connectivity index (χ1n) is 4.34. The largest absolute Gasteiger partial charge is 0.481 e. The fourth-order valence-corrected chi connectivity index (χ4v) is 0.907. The smallest absolute Gasteiger partial charge is 0.308 e. The highest BCUT2D eigenvalue weighted by Gasteiger charge is 2.21. The molecule has 0 radical (unpaired) electrons. The van der Waals surface area contributed by atoms with Gasteiger partial charge in [0.25, 0.3) is 0 Å². The average Bonchev–Trinajstić information content (AvgIpc) is 1.77. The summed E-state index contributed by atoms with van der Waals surface area (Å²) in [7, 11) is 0. The lowest BCUT2D eigenvalue weighted by Crippen LogP contribution is -2.27. The van der Waals surface area contributed by atoms with Crippen molar-refractivity contribution in [3.8, 4) is 0 Å². The molecule has 0 aliphatic heterocycles. The third kappa shape index (κ3) is 7.54. The van der Waals surface area contributed by atoms with Gasteiger partial charge in [-0.3, -0.25) is 9.59 Å². The second-order valence-corrected chi connectivity index (χ2v) is 3.89. The maximum Gasteiger partial charge on any atom is 0.308 e. The number of esters is 1. The van der Waals surface area contributed by atoms with Crippen molar-refractivity contribution in [3.05, 3.63) is 0 Å². The number of hydrogen-bond donors (Lipinski definition) is 2. The van der Waals surface area contributed by atoms with Gasteiger partial charge < -0.3 is 14.9 Å². The van der Waals surface area contributed by atoms with Gasteiger partial charge in [0, 0.05) is 0 Å². The van der Waals surface area contributed by atoms with Crippen LogP contribution in [0.1, 0.15) is 33.6 Å². The average molecular weight is 204 g/mol. The zero-order valence-electron chi connectivity index (χ0n) is 8.61. The van der Waals surface area contributed by atoms with Crippen LogP contribution in [0.15, 0.2) is 0 Å². The lowest BCUT2D eigenvalue weighted by molar-refractivity contribution is -0.155. The predicted molar refractivity (Wildman–Crippen MR) is 48.7 cm³/mol. The molecule has 0 aliphatic carbocycles. The molecule has 0 aromatic carbocycles. The molecule has 0 bridgehead atoms. The van der Waals surface area contributed by atoms with E-state index in [1.807, 2.05) is 0 Å². The number of carboxylic acid groups (broad SMARTS) is 1. The molecule has 0 fully saturated rings. The van der Waals surface area contributed by atoms with E-state index in [0.717, 1.165) is 0 Å². The Balaban J connectivity index is 3.89. The molecule has 0 heterocycles. The zero-order chi connectivity index (χ0) is 11.4. The summed E-state index contributed by atoms with van der Waals surface area (Å²) in [5, 5.41) is 17.7. The Bertz CT molecular complexity index is 216. The van der Waals surface area contributed by atoms with Gasteiger partial charge in [-0.25, -0.2) is 0 Å². The second kappa shape index (κ2) is 4.95. The highest BCUT2D eigenvalue weighted by atomic mass is 16.5. The van der Waals surface area contributed by atoms with E-state index in [9.17, 15) is 14.7 Å². The Morgan fingerprint density at radius 3 is 2.29 bits per heavy atom. The van der Waals surface area contributed by atoms with E-state index in [1.54, 1.807) is 0 Å². The summed E-state index contributed by atoms with van der Waals surface area (Å²) in [6, 6.07) is 0. The number of aliphatic hydroxyl groups is 1. The number of aliphatic carboxylic acids is 1. The van der Waals surface area contributed by atoms with Gasteiger partial charge in [0.1, 0.15) is 6.10 Å². The van der Waals surface area contributed by atoms with Crippen LogP contribution in [0.4, 0.5) is 0 Å². The van der Waals surface area contributed by atoms with Crippen molar-refractivity contribution in [2.45, 2.75) is 45.3 Å². The molecular formula is C9H16O5. The first-order valence-corrected chi connectivity index (χ1v) is 4.34. The molecule has 82 valence electrons.